The number of rotatable bonds is 5. The van der Waals surface area contributed by atoms with Crippen molar-refractivity contribution in [3.8, 4) is 11.8 Å². The van der Waals surface area contributed by atoms with Crippen LogP contribution in [0.25, 0.3) is 6.08 Å². The Morgan fingerprint density at radius 3 is 2.75 bits per heavy atom. The van der Waals surface area contributed by atoms with Crippen LogP contribution in [-0.2, 0) is 9.59 Å². The molecule has 0 radical (unpaired) electrons. The number of carbonyl (C=O) groups is 2. The van der Waals surface area contributed by atoms with Crippen LogP contribution in [-0.4, -0.2) is 18.9 Å². The number of hydrogen-bond donors (Lipinski definition) is 2. The van der Waals surface area contributed by atoms with E-state index in [1.54, 1.807) is 35.7 Å². The van der Waals surface area contributed by atoms with E-state index in [-0.39, 0.29) is 11.5 Å². The third-order valence-electron chi connectivity index (χ3n) is 2.97. The Kier molecular flexibility index (Phi) is 5.71. The lowest BCUT2D eigenvalue weighted by atomic mass is 10.2. The van der Waals surface area contributed by atoms with Crippen molar-refractivity contribution in [1.29, 1.82) is 5.26 Å². The molecular weight excluding hydrogens is 326 g/mol. The van der Waals surface area contributed by atoms with Gasteiger partial charge in [0.1, 0.15) is 17.4 Å². The lowest BCUT2D eigenvalue weighted by Crippen LogP contribution is -2.13. The lowest BCUT2D eigenvalue weighted by Gasteiger charge is -2.06. The second kappa shape index (κ2) is 7.94. The SMILES string of the molecule is COc1cccc(NC(=O)C(C#N)=Cc2sccc2NC(C)=O)c1. The zero-order valence-electron chi connectivity index (χ0n) is 13.1. The zero-order valence-corrected chi connectivity index (χ0v) is 13.9. The maximum Gasteiger partial charge on any atom is 0.266 e. The van der Waals surface area contributed by atoms with Crippen molar-refractivity contribution in [2.24, 2.45) is 0 Å². The van der Waals surface area contributed by atoms with Crippen molar-refractivity contribution in [1.82, 2.24) is 0 Å². The Bertz CT molecular complexity index is 834. The van der Waals surface area contributed by atoms with E-state index in [0.717, 1.165) is 0 Å². The number of nitriles is 1. The number of anilines is 2. The van der Waals surface area contributed by atoms with Gasteiger partial charge in [0.15, 0.2) is 0 Å². The fourth-order valence-electron chi connectivity index (χ4n) is 1.90. The number of methoxy groups -OCH3 is 1. The van der Waals surface area contributed by atoms with Crippen molar-refractivity contribution in [3.63, 3.8) is 0 Å². The van der Waals surface area contributed by atoms with E-state index in [0.29, 0.717) is 22.0 Å². The van der Waals surface area contributed by atoms with Gasteiger partial charge in [-0.25, -0.2) is 0 Å². The Balaban J connectivity index is 2.21. The van der Waals surface area contributed by atoms with E-state index >= 15 is 0 Å². The molecule has 1 heterocycles. The molecule has 1 aromatic heterocycles. The van der Waals surface area contributed by atoms with Gasteiger partial charge >= 0.3 is 0 Å². The molecule has 0 aliphatic rings. The van der Waals surface area contributed by atoms with Crippen molar-refractivity contribution in [2.75, 3.05) is 17.7 Å². The molecule has 2 amide bonds. The molecule has 7 heteroatoms. The first kappa shape index (κ1) is 17.2. The fraction of sp³-hybridized carbons (Fsp3) is 0.118. The average molecular weight is 341 g/mol. The Morgan fingerprint density at radius 1 is 1.29 bits per heavy atom. The molecule has 0 unspecified atom stereocenters. The van der Waals surface area contributed by atoms with Crippen LogP contribution in [0, 0.1) is 11.3 Å². The Morgan fingerprint density at radius 2 is 2.08 bits per heavy atom. The van der Waals surface area contributed by atoms with E-state index in [1.807, 2.05) is 6.07 Å². The van der Waals surface area contributed by atoms with E-state index in [2.05, 4.69) is 10.6 Å². The van der Waals surface area contributed by atoms with Gasteiger partial charge in [-0.15, -0.1) is 11.3 Å². The largest absolute Gasteiger partial charge is 0.497 e. The zero-order chi connectivity index (χ0) is 17.5. The maximum absolute atomic E-state index is 12.3. The minimum absolute atomic E-state index is 0.0631. The molecule has 0 saturated heterocycles. The molecule has 122 valence electrons. The van der Waals surface area contributed by atoms with Crippen molar-refractivity contribution >= 4 is 40.6 Å². The second-order valence-corrected chi connectivity index (χ2v) is 5.68. The molecule has 0 fully saturated rings. The van der Waals surface area contributed by atoms with Gasteiger partial charge in [-0.3, -0.25) is 9.59 Å². The van der Waals surface area contributed by atoms with Gasteiger partial charge < -0.3 is 15.4 Å². The number of thiophene rings is 1. The summed E-state index contributed by atoms with van der Waals surface area (Å²) < 4.78 is 5.09. The Labute approximate surface area is 143 Å². The summed E-state index contributed by atoms with van der Waals surface area (Å²) in [5.41, 5.74) is 1.02. The van der Waals surface area contributed by atoms with Gasteiger partial charge in [0.2, 0.25) is 5.91 Å². The summed E-state index contributed by atoms with van der Waals surface area (Å²) in [5, 5.41) is 16.3. The number of nitrogens with zero attached hydrogens (tertiary/aromatic N) is 1. The van der Waals surface area contributed by atoms with Crippen LogP contribution < -0.4 is 15.4 Å². The first-order valence-corrected chi connectivity index (χ1v) is 7.83. The molecule has 0 atom stereocenters. The van der Waals surface area contributed by atoms with Crippen LogP contribution >= 0.6 is 11.3 Å². The topological polar surface area (TPSA) is 91.2 Å². The molecule has 0 aliphatic heterocycles. The van der Waals surface area contributed by atoms with Gasteiger partial charge in [-0.05, 0) is 29.7 Å². The smallest absolute Gasteiger partial charge is 0.266 e. The van der Waals surface area contributed by atoms with E-state index < -0.39 is 5.91 Å². The highest BCUT2D eigenvalue weighted by molar-refractivity contribution is 7.11. The van der Waals surface area contributed by atoms with Gasteiger partial charge in [0.05, 0.1) is 17.7 Å². The van der Waals surface area contributed by atoms with E-state index in [4.69, 9.17) is 4.74 Å². The quantitative estimate of drug-likeness (QED) is 0.645. The monoisotopic (exact) mass is 341 g/mol. The molecule has 0 bridgehead atoms. The summed E-state index contributed by atoms with van der Waals surface area (Å²) in [7, 11) is 1.53. The molecule has 0 aliphatic carbocycles. The summed E-state index contributed by atoms with van der Waals surface area (Å²) in [6.45, 7) is 1.39. The summed E-state index contributed by atoms with van der Waals surface area (Å²) in [4.78, 5) is 24.1. The summed E-state index contributed by atoms with van der Waals surface area (Å²) in [6.07, 6.45) is 1.45. The molecule has 6 nitrogen and oxygen atoms in total. The van der Waals surface area contributed by atoms with Crippen LogP contribution in [0.5, 0.6) is 5.75 Å². The third-order valence-corrected chi connectivity index (χ3v) is 3.84. The highest BCUT2D eigenvalue weighted by Gasteiger charge is 2.12. The molecule has 2 aromatic rings. The first-order chi connectivity index (χ1) is 11.5. The number of amides is 2. The van der Waals surface area contributed by atoms with Crippen LogP contribution in [0.2, 0.25) is 0 Å². The number of benzene rings is 1. The van der Waals surface area contributed by atoms with E-state index in [9.17, 15) is 14.9 Å². The van der Waals surface area contributed by atoms with Gasteiger partial charge in [-0.1, -0.05) is 6.07 Å². The highest BCUT2D eigenvalue weighted by atomic mass is 32.1. The maximum atomic E-state index is 12.3. The Hall–Kier alpha value is -3.11. The molecule has 24 heavy (non-hydrogen) atoms. The van der Waals surface area contributed by atoms with Crippen molar-refractivity contribution < 1.29 is 14.3 Å². The standard InChI is InChI=1S/C17H15N3O3S/c1-11(21)19-15-6-7-24-16(15)8-12(10-18)17(22)20-13-4-3-5-14(9-13)23-2/h3-9H,1-2H3,(H,19,21)(H,20,22). The van der Waals surface area contributed by atoms with Gasteiger partial charge in [-0.2, -0.15) is 5.26 Å². The summed E-state index contributed by atoms with van der Waals surface area (Å²) in [5.74, 6) is -0.156. The first-order valence-electron chi connectivity index (χ1n) is 6.95. The molecular formula is C17H15N3O3S. The number of ether oxygens (including phenoxy) is 1. The third kappa shape index (κ3) is 4.44. The normalized spacial score (nSPS) is 10.6. The van der Waals surface area contributed by atoms with Crippen LogP contribution in [0.15, 0.2) is 41.3 Å². The predicted octanol–water partition coefficient (Wildman–Crippen LogP) is 3.26. The van der Waals surface area contributed by atoms with Gasteiger partial charge in [0.25, 0.3) is 5.91 Å². The van der Waals surface area contributed by atoms with Crippen molar-refractivity contribution in [2.45, 2.75) is 6.92 Å². The van der Waals surface area contributed by atoms with E-state index in [1.165, 1.54) is 31.4 Å². The average Bonchev–Trinajstić information content (AvgIpc) is 2.98. The highest BCUT2D eigenvalue weighted by Crippen LogP contribution is 2.25. The van der Waals surface area contributed by atoms with Gasteiger partial charge in [0, 0.05) is 18.7 Å². The summed E-state index contributed by atoms with van der Waals surface area (Å²) >= 11 is 1.32. The molecule has 2 N–H and O–H groups in total. The molecule has 0 saturated carbocycles. The van der Waals surface area contributed by atoms with Crippen molar-refractivity contribution in [3.05, 3.63) is 46.2 Å². The number of nitrogens with one attached hydrogen (secondary N) is 2. The second-order valence-electron chi connectivity index (χ2n) is 4.74. The van der Waals surface area contributed by atoms with Crippen LogP contribution in [0.3, 0.4) is 0 Å². The fourth-order valence-corrected chi connectivity index (χ4v) is 2.69. The number of carbonyl (C=O) groups excluding carboxylic acids is 2. The number of hydrogen-bond acceptors (Lipinski definition) is 5. The molecule has 1 aromatic carbocycles. The predicted molar refractivity (Wildman–Crippen MR) is 93.8 cm³/mol. The lowest BCUT2D eigenvalue weighted by molar-refractivity contribution is -0.114. The molecule has 0 spiro atoms. The summed E-state index contributed by atoms with van der Waals surface area (Å²) in [6, 6.07) is 10.4. The minimum Gasteiger partial charge on any atom is -0.497 e. The minimum atomic E-state index is -0.534. The van der Waals surface area contributed by atoms with Crippen LogP contribution in [0.4, 0.5) is 11.4 Å². The van der Waals surface area contributed by atoms with Crippen LogP contribution in [0.1, 0.15) is 11.8 Å². The molecule has 2 rings (SSSR count).